The fourth-order valence-electron chi connectivity index (χ4n) is 1.95. The summed E-state index contributed by atoms with van der Waals surface area (Å²) in [6, 6.07) is 14.4. The molecule has 2 rings (SSSR count). The first-order valence-electron chi connectivity index (χ1n) is 6.86. The number of halogens is 1. The predicted octanol–water partition coefficient (Wildman–Crippen LogP) is 6.10. The first-order chi connectivity index (χ1) is 9.77. The number of carbonyl (C=O) groups excluding carboxylic acids is 1. The number of hydrogen-bond acceptors (Lipinski definition) is 2. The van der Waals surface area contributed by atoms with Crippen LogP contribution in [-0.2, 0) is 5.41 Å². The van der Waals surface area contributed by atoms with Gasteiger partial charge in [0.2, 0.25) is 0 Å². The van der Waals surface area contributed by atoms with Crippen molar-refractivity contribution in [1.82, 2.24) is 0 Å². The second-order valence-corrected chi connectivity index (χ2v) is 8.05. The minimum absolute atomic E-state index is 0.0850. The van der Waals surface area contributed by atoms with E-state index in [4.69, 9.17) is 0 Å². The first kappa shape index (κ1) is 16.3. The van der Waals surface area contributed by atoms with E-state index in [1.165, 1.54) is 10.5 Å². The topological polar surface area (TPSA) is 17.1 Å². The highest BCUT2D eigenvalue weighted by atomic mass is 79.9. The van der Waals surface area contributed by atoms with Gasteiger partial charge >= 0.3 is 0 Å². The maximum Gasteiger partial charge on any atom is 0.159 e. The molecule has 1 nitrogen and oxygen atoms in total. The fraction of sp³-hybridized carbons (Fsp3) is 0.278. The fourth-order valence-corrected chi connectivity index (χ4v) is 3.39. The summed E-state index contributed by atoms with van der Waals surface area (Å²) in [7, 11) is 0. The molecule has 0 heterocycles. The van der Waals surface area contributed by atoms with Crippen molar-refractivity contribution in [2.75, 3.05) is 0 Å². The number of rotatable bonds is 3. The van der Waals surface area contributed by atoms with Gasteiger partial charge in [-0.3, -0.25) is 4.79 Å². The molecular formula is C18H19BrOS. The summed E-state index contributed by atoms with van der Waals surface area (Å²) < 4.78 is 0.958. The van der Waals surface area contributed by atoms with E-state index >= 15 is 0 Å². The van der Waals surface area contributed by atoms with Gasteiger partial charge in [-0.2, -0.15) is 0 Å². The van der Waals surface area contributed by atoms with E-state index in [-0.39, 0.29) is 11.2 Å². The quantitative estimate of drug-likeness (QED) is 0.613. The monoisotopic (exact) mass is 362 g/mol. The Balaban J connectivity index is 2.20. The Labute approximate surface area is 139 Å². The molecule has 0 saturated heterocycles. The van der Waals surface area contributed by atoms with Gasteiger partial charge in [0.1, 0.15) is 0 Å². The van der Waals surface area contributed by atoms with E-state index in [0.717, 1.165) is 14.9 Å². The molecule has 0 atom stereocenters. The average Bonchev–Trinajstić information content (AvgIpc) is 2.40. The van der Waals surface area contributed by atoms with Gasteiger partial charge in [-0.1, -0.05) is 50.7 Å². The number of ketones is 1. The van der Waals surface area contributed by atoms with Crippen molar-refractivity contribution in [3.05, 3.63) is 58.1 Å². The SMILES string of the molecule is CC(=O)c1ccc(Sc2ccc(C(C)(C)C)cc2)c(Br)c1. The van der Waals surface area contributed by atoms with Crippen LogP contribution in [0.4, 0.5) is 0 Å². The maximum atomic E-state index is 11.4. The summed E-state index contributed by atoms with van der Waals surface area (Å²) in [4.78, 5) is 13.7. The molecule has 0 amide bonds. The first-order valence-corrected chi connectivity index (χ1v) is 8.47. The van der Waals surface area contributed by atoms with Gasteiger partial charge in [0.15, 0.2) is 5.78 Å². The lowest BCUT2D eigenvalue weighted by Crippen LogP contribution is -2.10. The van der Waals surface area contributed by atoms with E-state index in [1.54, 1.807) is 18.7 Å². The third kappa shape index (κ3) is 4.21. The van der Waals surface area contributed by atoms with Gasteiger partial charge in [0.25, 0.3) is 0 Å². The lowest BCUT2D eigenvalue weighted by Gasteiger charge is -2.19. The molecule has 21 heavy (non-hydrogen) atoms. The molecule has 110 valence electrons. The minimum Gasteiger partial charge on any atom is -0.295 e. The number of hydrogen-bond donors (Lipinski definition) is 0. The summed E-state index contributed by atoms with van der Waals surface area (Å²) in [5, 5.41) is 0. The Morgan fingerprint density at radius 3 is 2.14 bits per heavy atom. The van der Waals surface area contributed by atoms with Crippen molar-refractivity contribution in [2.45, 2.75) is 42.9 Å². The highest BCUT2D eigenvalue weighted by Gasteiger charge is 2.13. The van der Waals surface area contributed by atoms with Gasteiger partial charge in [-0.05, 0) is 58.1 Å². The Kier molecular flexibility index (Phi) is 4.95. The molecule has 0 N–H and O–H groups in total. The van der Waals surface area contributed by atoms with Gasteiger partial charge in [-0.15, -0.1) is 0 Å². The summed E-state index contributed by atoms with van der Waals surface area (Å²) in [5.74, 6) is 0.0850. The van der Waals surface area contributed by atoms with Crippen molar-refractivity contribution in [3.63, 3.8) is 0 Å². The second kappa shape index (κ2) is 6.37. The van der Waals surface area contributed by atoms with E-state index in [2.05, 4.69) is 61.0 Å². The Hall–Kier alpha value is -1.06. The van der Waals surface area contributed by atoms with Crippen LogP contribution < -0.4 is 0 Å². The molecule has 2 aromatic carbocycles. The standard InChI is InChI=1S/C18H19BrOS/c1-12(20)13-5-10-17(16(19)11-13)21-15-8-6-14(7-9-15)18(2,3)4/h5-11H,1-4H3. The number of Topliss-reactive ketones (excluding diaryl/α,β-unsaturated/α-hetero) is 1. The second-order valence-electron chi connectivity index (χ2n) is 6.08. The van der Waals surface area contributed by atoms with E-state index in [1.807, 2.05) is 18.2 Å². The van der Waals surface area contributed by atoms with Gasteiger partial charge in [0, 0.05) is 19.8 Å². The lowest BCUT2D eigenvalue weighted by atomic mass is 9.87. The van der Waals surface area contributed by atoms with Crippen molar-refractivity contribution in [1.29, 1.82) is 0 Å². The molecule has 0 aliphatic heterocycles. The van der Waals surface area contributed by atoms with E-state index < -0.39 is 0 Å². The summed E-state index contributed by atoms with van der Waals surface area (Å²) >= 11 is 5.24. The third-order valence-corrected chi connectivity index (χ3v) is 5.29. The predicted molar refractivity (Wildman–Crippen MR) is 93.4 cm³/mol. The van der Waals surface area contributed by atoms with Crippen LogP contribution >= 0.6 is 27.7 Å². The normalized spacial score (nSPS) is 11.5. The molecule has 0 fully saturated rings. The average molecular weight is 363 g/mol. The maximum absolute atomic E-state index is 11.4. The third-order valence-electron chi connectivity index (χ3n) is 3.29. The van der Waals surface area contributed by atoms with Crippen molar-refractivity contribution >= 4 is 33.5 Å². The van der Waals surface area contributed by atoms with Gasteiger partial charge in [-0.25, -0.2) is 0 Å². The van der Waals surface area contributed by atoms with E-state index in [0.29, 0.717) is 0 Å². The molecule has 0 aromatic heterocycles. The van der Waals surface area contributed by atoms with Gasteiger partial charge < -0.3 is 0 Å². The summed E-state index contributed by atoms with van der Waals surface area (Å²) in [6.45, 7) is 8.23. The summed E-state index contributed by atoms with van der Waals surface area (Å²) in [6.07, 6.45) is 0. The molecule has 0 saturated carbocycles. The van der Waals surface area contributed by atoms with Crippen LogP contribution in [0.25, 0.3) is 0 Å². The van der Waals surface area contributed by atoms with Crippen LogP contribution in [0.3, 0.4) is 0 Å². The van der Waals surface area contributed by atoms with Crippen molar-refractivity contribution < 1.29 is 4.79 Å². The number of benzene rings is 2. The zero-order valence-electron chi connectivity index (χ0n) is 12.7. The minimum atomic E-state index is 0.0850. The Morgan fingerprint density at radius 2 is 1.67 bits per heavy atom. The molecule has 3 heteroatoms. The smallest absolute Gasteiger partial charge is 0.159 e. The van der Waals surface area contributed by atoms with Gasteiger partial charge in [0.05, 0.1) is 0 Å². The lowest BCUT2D eigenvalue weighted by molar-refractivity contribution is 0.101. The zero-order valence-corrected chi connectivity index (χ0v) is 15.1. The molecule has 0 bridgehead atoms. The molecule has 0 unspecified atom stereocenters. The highest BCUT2D eigenvalue weighted by Crippen LogP contribution is 2.35. The van der Waals surface area contributed by atoms with Crippen molar-refractivity contribution in [2.24, 2.45) is 0 Å². The molecule has 0 spiro atoms. The Bertz CT molecular complexity index is 654. The molecule has 0 aliphatic rings. The summed E-state index contributed by atoms with van der Waals surface area (Å²) in [5.41, 5.74) is 2.24. The Morgan fingerprint density at radius 1 is 1.05 bits per heavy atom. The van der Waals surface area contributed by atoms with Crippen LogP contribution in [0.5, 0.6) is 0 Å². The molecule has 0 aliphatic carbocycles. The zero-order chi connectivity index (χ0) is 15.6. The van der Waals surface area contributed by atoms with Crippen LogP contribution in [-0.4, -0.2) is 5.78 Å². The molecule has 0 radical (unpaired) electrons. The van der Waals surface area contributed by atoms with Crippen LogP contribution in [0.2, 0.25) is 0 Å². The van der Waals surface area contributed by atoms with Crippen LogP contribution in [0.1, 0.15) is 43.6 Å². The number of carbonyl (C=O) groups is 1. The highest BCUT2D eigenvalue weighted by molar-refractivity contribution is 9.10. The van der Waals surface area contributed by atoms with E-state index in [9.17, 15) is 4.79 Å². The van der Waals surface area contributed by atoms with Crippen LogP contribution in [0.15, 0.2) is 56.7 Å². The molecule has 2 aromatic rings. The molecular weight excluding hydrogens is 344 g/mol. The van der Waals surface area contributed by atoms with Crippen molar-refractivity contribution in [3.8, 4) is 0 Å². The van der Waals surface area contributed by atoms with Crippen LogP contribution in [0, 0.1) is 0 Å². The largest absolute Gasteiger partial charge is 0.295 e.